The van der Waals surface area contributed by atoms with Crippen LogP contribution >= 0.6 is 0 Å². The Kier molecular flexibility index (Phi) is 4.99. The highest BCUT2D eigenvalue weighted by molar-refractivity contribution is 5.77. The lowest BCUT2D eigenvalue weighted by Gasteiger charge is -2.26. The Hall–Kier alpha value is -1.10. The number of piperidine rings is 1. The van der Waals surface area contributed by atoms with Gasteiger partial charge in [-0.1, -0.05) is 0 Å². The molecule has 2 rings (SSSR count). The molecule has 1 atom stereocenters. The van der Waals surface area contributed by atoms with Crippen molar-refractivity contribution in [3.05, 3.63) is 0 Å². The molecule has 2 fully saturated rings. The van der Waals surface area contributed by atoms with Gasteiger partial charge in [0.05, 0.1) is 0 Å². The summed E-state index contributed by atoms with van der Waals surface area (Å²) in [5, 5.41) is 2.89. The van der Waals surface area contributed by atoms with Crippen LogP contribution in [0, 0.1) is 5.92 Å². The first-order valence-electron chi connectivity index (χ1n) is 6.88. The van der Waals surface area contributed by atoms with E-state index in [1.807, 2.05) is 4.90 Å². The molecule has 0 unspecified atom stereocenters. The van der Waals surface area contributed by atoms with Crippen LogP contribution in [-0.4, -0.2) is 49.6 Å². The Morgan fingerprint density at radius 2 is 2.33 bits per heavy atom. The van der Waals surface area contributed by atoms with Crippen molar-refractivity contribution >= 4 is 11.8 Å². The first-order chi connectivity index (χ1) is 8.75. The first-order valence-corrected chi connectivity index (χ1v) is 6.88. The molecule has 2 amide bonds. The topological polar surface area (TPSA) is 58.6 Å². The number of nitrogens with one attached hydrogen (secondary N) is 1. The monoisotopic (exact) mass is 254 g/mol. The third-order valence-corrected chi connectivity index (χ3v) is 3.62. The van der Waals surface area contributed by atoms with Crippen molar-refractivity contribution in [2.24, 2.45) is 5.92 Å². The van der Waals surface area contributed by atoms with Gasteiger partial charge in [-0.3, -0.25) is 9.59 Å². The zero-order chi connectivity index (χ0) is 12.8. The maximum absolute atomic E-state index is 11.7. The molecule has 18 heavy (non-hydrogen) atoms. The van der Waals surface area contributed by atoms with Crippen molar-refractivity contribution in [3.63, 3.8) is 0 Å². The van der Waals surface area contributed by atoms with E-state index >= 15 is 0 Å². The van der Waals surface area contributed by atoms with Gasteiger partial charge in [0.15, 0.2) is 0 Å². The number of nitrogens with zero attached hydrogens (tertiary/aromatic N) is 1. The SMILES string of the molecule is O=C(C[C@H]1CCOC1)NCCN1CCCCC1=O. The summed E-state index contributed by atoms with van der Waals surface area (Å²) in [5.41, 5.74) is 0. The zero-order valence-corrected chi connectivity index (χ0v) is 10.8. The molecule has 0 aromatic carbocycles. The Labute approximate surface area is 108 Å². The minimum absolute atomic E-state index is 0.0787. The van der Waals surface area contributed by atoms with Crippen LogP contribution in [0.25, 0.3) is 0 Å². The van der Waals surface area contributed by atoms with Crippen molar-refractivity contribution in [3.8, 4) is 0 Å². The van der Waals surface area contributed by atoms with Crippen LogP contribution in [-0.2, 0) is 14.3 Å². The summed E-state index contributed by atoms with van der Waals surface area (Å²) in [6.45, 7) is 3.54. The number of amides is 2. The highest BCUT2D eigenvalue weighted by atomic mass is 16.5. The molecule has 2 saturated heterocycles. The van der Waals surface area contributed by atoms with Crippen molar-refractivity contribution in [1.82, 2.24) is 10.2 Å². The number of carbonyl (C=O) groups is 2. The van der Waals surface area contributed by atoms with Crippen LogP contribution in [0.3, 0.4) is 0 Å². The molecule has 0 spiro atoms. The average molecular weight is 254 g/mol. The molecule has 0 aromatic heterocycles. The molecule has 5 nitrogen and oxygen atoms in total. The molecule has 0 bridgehead atoms. The summed E-state index contributed by atoms with van der Waals surface area (Å²) in [4.78, 5) is 25.0. The van der Waals surface area contributed by atoms with E-state index < -0.39 is 0 Å². The smallest absolute Gasteiger partial charge is 0.222 e. The van der Waals surface area contributed by atoms with Gasteiger partial charge in [0, 0.05) is 45.7 Å². The summed E-state index contributed by atoms with van der Waals surface area (Å²) in [5.74, 6) is 0.677. The third kappa shape index (κ3) is 3.98. The Balaban J connectivity index is 1.59. The quantitative estimate of drug-likeness (QED) is 0.779. The van der Waals surface area contributed by atoms with Gasteiger partial charge in [0.1, 0.15) is 0 Å². The van der Waals surface area contributed by atoms with E-state index in [4.69, 9.17) is 4.74 Å². The maximum Gasteiger partial charge on any atom is 0.222 e. The van der Waals surface area contributed by atoms with Crippen molar-refractivity contribution in [1.29, 1.82) is 0 Å². The maximum atomic E-state index is 11.7. The zero-order valence-electron chi connectivity index (χ0n) is 10.8. The molecule has 102 valence electrons. The fraction of sp³-hybridized carbons (Fsp3) is 0.846. The van der Waals surface area contributed by atoms with Gasteiger partial charge in [-0.2, -0.15) is 0 Å². The van der Waals surface area contributed by atoms with Gasteiger partial charge in [0.2, 0.25) is 11.8 Å². The number of hydrogen-bond donors (Lipinski definition) is 1. The minimum atomic E-state index is 0.0787. The largest absolute Gasteiger partial charge is 0.381 e. The average Bonchev–Trinajstić information content (AvgIpc) is 2.84. The molecular weight excluding hydrogens is 232 g/mol. The van der Waals surface area contributed by atoms with E-state index in [-0.39, 0.29) is 11.8 Å². The third-order valence-electron chi connectivity index (χ3n) is 3.62. The lowest BCUT2D eigenvalue weighted by molar-refractivity contribution is -0.133. The van der Waals surface area contributed by atoms with Gasteiger partial charge < -0.3 is 15.0 Å². The molecular formula is C13H22N2O3. The lowest BCUT2D eigenvalue weighted by Crippen LogP contribution is -2.41. The van der Waals surface area contributed by atoms with Crippen molar-refractivity contribution < 1.29 is 14.3 Å². The number of ether oxygens (including phenoxy) is 1. The second kappa shape index (κ2) is 6.73. The fourth-order valence-electron chi connectivity index (χ4n) is 2.51. The Bertz CT molecular complexity index is 301. The van der Waals surface area contributed by atoms with Crippen LogP contribution in [0.1, 0.15) is 32.1 Å². The number of likely N-dealkylation sites (tertiary alicyclic amines) is 1. The van der Waals surface area contributed by atoms with E-state index in [1.54, 1.807) is 0 Å². The van der Waals surface area contributed by atoms with Crippen LogP contribution in [0.2, 0.25) is 0 Å². The normalized spacial score (nSPS) is 24.3. The Morgan fingerprint density at radius 3 is 3.06 bits per heavy atom. The van der Waals surface area contributed by atoms with Gasteiger partial charge >= 0.3 is 0 Å². The summed E-state index contributed by atoms with van der Waals surface area (Å²) < 4.78 is 5.24. The van der Waals surface area contributed by atoms with E-state index in [9.17, 15) is 9.59 Å². The van der Waals surface area contributed by atoms with Gasteiger partial charge in [-0.15, -0.1) is 0 Å². The van der Waals surface area contributed by atoms with E-state index in [2.05, 4.69) is 5.32 Å². The van der Waals surface area contributed by atoms with Crippen LogP contribution in [0.4, 0.5) is 0 Å². The molecule has 0 radical (unpaired) electrons. The van der Waals surface area contributed by atoms with Gasteiger partial charge in [0.25, 0.3) is 0 Å². The van der Waals surface area contributed by atoms with Gasteiger partial charge in [-0.05, 0) is 25.2 Å². The number of carbonyl (C=O) groups excluding carboxylic acids is 2. The number of rotatable bonds is 5. The highest BCUT2D eigenvalue weighted by Gasteiger charge is 2.20. The molecule has 0 aliphatic carbocycles. The van der Waals surface area contributed by atoms with Crippen molar-refractivity contribution in [2.75, 3.05) is 32.8 Å². The highest BCUT2D eigenvalue weighted by Crippen LogP contribution is 2.15. The van der Waals surface area contributed by atoms with Gasteiger partial charge in [-0.25, -0.2) is 0 Å². The predicted octanol–water partition coefficient (Wildman–Crippen LogP) is 0.542. The second-order valence-corrected chi connectivity index (χ2v) is 5.12. The molecule has 1 N–H and O–H groups in total. The second-order valence-electron chi connectivity index (χ2n) is 5.12. The summed E-state index contributed by atoms with van der Waals surface area (Å²) in [7, 11) is 0. The number of hydrogen-bond acceptors (Lipinski definition) is 3. The lowest BCUT2D eigenvalue weighted by atomic mass is 10.1. The Morgan fingerprint density at radius 1 is 1.44 bits per heavy atom. The summed E-state index contributed by atoms with van der Waals surface area (Å²) >= 11 is 0. The molecule has 0 aromatic rings. The minimum Gasteiger partial charge on any atom is -0.381 e. The van der Waals surface area contributed by atoms with Crippen LogP contribution < -0.4 is 5.32 Å². The van der Waals surface area contributed by atoms with Crippen molar-refractivity contribution in [2.45, 2.75) is 32.1 Å². The predicted molar refractivity (Wildman–Crippen MR) is 67.0 cm³/mol. The molecule has 5 heteroatoms. The molecule has 2 aliphatic heterocycles. The van der Waals surface area contributed by atoms with Crippen LogP contribution in [0.15, 0.2) is 0 Å². The molecule has 2 aliphatic rings. The molecule has 2 heterocycles. The van der Waals surface area contributed by atoms with E-state index in [0.717, 1.165) is 32.4 Å². The first kappa shape index (κ1) is 13.3. The summed E-state index contributed by atoms with van der Waals surface area (Å²) in [6, 6.07) is 0. The fourth-order valence-corrected chi connectivity index (χ4v) is 2.51. The van der Waals surface area contributed by atoms with Crippen LogP contribution in [0.5, 0.6) is 0 Å². The standard InChI is InChI=1S/C13H22N2O3/c16-12(9-11-4-8-18-10-11)14-5-7-15-6-2-1-3-13(15)17/h11H,1-10H2,(H,14,16)/t11-/m1/s1. The van der Waals surface area contributed by atoms with E-state index in [1.165, 1.54) is 0 Å². The van der Waals surface area contributed by atoms with E-state index in [0.29, 0.717) is 38.5 Å². The summed E-state index contributed by atoms with van der Waals surface area (Å²) in [6.07, 6.45) is 4.28. The molecule has 0 saturated carbocycles.